The maximum absolute atomic E-state index is 13.1. The van der Waals surface area contributed by atoms with Crippen LogP contribution in [0.15, 0.2) is 24.4 Å². The van der Waals surface area contributed by atoms with Crippen molar-refractivity contribution in [2.75, 3.05) is 5.32 Å². The largest absolute Gasteiger partial charge is 0.320 e. The van der Waals surface area contributed by atoms with Crippen molar-refractivity contribution in [3.05, 3.63) is 46.0 Å². The molecule has 0 aliphatic heterocycles. The van der Waals surface area contributed by atoms with Gasteiger partial charge in [0.2, 0.25) is 5.82 Å². The molecule has 1 amide bonds. The molecule has 0 unspecified atom stereocenters. The Balaban J connectivity index is 2.22. The summed E-state index contributed by atoms with van der Waals surface area (Å²) >= 11 is 0.860. The number of nitrogens with one attached hydrogen (secondary N) is 1. The number of nitro groups is 1. The summed E-state index contributed by atoms with van der Waals surface area (Å²) in [4.78, 5) is 21.2. The van der Waals surface area contributed by atoms with E-state index in [1.165, 1.54) is 12.3 Å². The monoisotopic (exact) mass is 268 g/mol. The number of anilines is 1. The number of halogens is 1. The van der Waals surface area contributed by atoms with Crippen molar-refractivity contribution >= 4 is 29.0 Å². The first-order chi connectivity index (χ1) is 8.58. The quantitative estimate of drug-likeness (QED) is 0.676. The van der Waals surface area contributed by atoms with Gasteiger partial charge in [-0.3, -0.25) is 14.9 Å². The summed E-state index contributed by atoms with van der Waals surface area (Å²) in [5.41, 5.74) is -0.503. The molecule has 0 aliphatic carbocycles. The van der Waals surface area contributed by atoms with E-state index in [4.69, 9.17) is 0 Å². The van der Waals surface area contributed by atoms with E-state index in [1.54, 1.807) is 0 Å². The molecule has 92 valence electrons. The molecule has 0 bridgehead atoms. The van der Waals surface area contributed by atoms with Gasteiger partial charge in [-0.15, -0.1) is 0 Å². The van der Waals surface area contributed by atoms with Crippen molar-refractivity contribution in [3.63, 3.8) is 0 Å². The van der Waals surface area contributed by atoms with Crippen molar-refractivity contribution in [1.82, 2.24) is 8.75 Å². The Hall–Kier alpha value is -2.42. The highest BCUT2D eigenvalue weighted by Gasteiger charge is 2.16. The molecule has 0 radical (unpaired) electrons. The van der Waals surface area contributed by atoms with Crippen molar-refractivity contribution in [2.45, 2.75) is 0 Å². The van der Waals surface area contributed by atoms with Gasteiger partial charge in [-0.25, -0.2) is 0 Å². The van der Waals surface area contributed by atoms with E-state index >= 15 is 0 Å². The molecule has 18 heavy (non-hydrogen) atoms. The molecule has 0 aliphatic rings. The first-order valence-corrected chi connectivity index (χ1v) is 5.34. The second-order valence-electron chi connectivity index (χ2n) is 3.17. The number of aromatic nitrogens is 2. The van der Waals surface area contributed by atoms with Crippen LogP contribution >= 0.6 is 11.7 Å². The molecular formula is C9H5FN4O3S. The number of benzene rings is 1. The third-order valence-electron chi connectivity index (χ3n) is 1.99. The second-order valence-corrected chi connectivity index (χ2v) is 3.73. The van der Waals surface area contributed by atoms with Crippen LogP contribution in [0, 0.1) is 15.9 Å². The predicted octanol–water partition coefficient (Wildman–Crippen LogP) is 1.84. The topological polar surface area (TPSA) is 98.0 Å². The van der Waals surface area contributed by atoms with Gasteiger partial charge < -0.3 is 5.32 Å². The third-order valence-corrected chi connectivity index (χ3v) is 2.47. The molecule has 0 atom stereocenters. The van der Waals surface area contributed by atoms with Crippen LogP contribution < -0.4 is 5.32 Å². The molecule has 0 saturated carbocycles. The van der Waals surface area contributed by atoms with Crippen molar-refractivity contribution in [1.29, 1.82) is 0 Å². The summed E-state index contributed by atoms with van der Waals surface area (Å²) < 4.78 is 20.4. The highest BCUT2D eigenvalue weighted by Crippen LogP contribution is 2.21. The molecule has 1 N–H and O–H groups in total. The molecule has 1 aromatic carbocycles. The first-order valence-electron chi connectivity index (χ1n) is 4.61. The van der Waals surface area contributed by atoms with Crippen molar-refractivity contribution in [2.24, 2.45) is 0 Å². The zero-order valence-electron chi connectivity index (χ0n) is 8.66. The average molecular weight is 268 g/mol. The van der Waals surface area contributed by atoms with E-state index in [9.17, 15) is 19.3 Å². The molecule has 1 heterocycles. The number of amides is 1. The number of nitro benzene ring substituents is 1. The van der Waals surface area contributed by atoms with E-state index in [2.05, 4.69) is 14.1 Å². The lowest BCUT2D eigenvalue weighted by Crippen LogP contribution is -2.12. The van der Waals surface area contributed by atoms with Crippen LogP contribution in [-0.2, 0) is 0 Å². The van der Waals surface area contributed by atoms with Crippen LogP contribution in [0.1, 0.15) is 10.5 Å². The Labute approximate surface area is 104 Å². The van der Waals surface area contributed by atoms with Crippen molar-refractivity contribution < 1.29 is 14.1 Å². The Kier molecular flexibility index (Phi) is 3.24. The number of hydrogen-bond donors (Lipinski definition) is 1. The molecule has 2 aromatic rings. The van der Waals surface area contributed by atoms with Gasteiger partial charge in [-0.05, 0) is 12.1 Å². The van der Waals surface area contributed by atoms with Crippen LogP contribution in [0.5, 0.6) is 0 Å². The third kappa shape index (κ3) is 2.46. The predicted molar refractivity (Wildman–Crippen MR) is 60.9 cm³/mol. The van der Waals surface area contributed by atoms with Gasteiger partial charge in [-0.1, -0.05) is 0 Å². The van der Waals surface area contributed by atoms with E-state index in [0.29, 0.717) is 0 Å². The van der Waals surface area contributed by atoms with Gasteiger partial charge in [0.05, 0.1) is 22.8 Å². The van der Waals surface area contributed by atoms with Crippen LogP contribution in [0.25, 0.3) is 0 Å². The van der Waals surface area contributed by atoms with Crippen LogP contribution in [-0.4, -0.2) is 19.6 Å². The van der Waals surface area contributed by atoms with Gasteiger partial charge in [0.25, 0.3) is 5.91 Å². The highest BCUT2D eigenvalue weighted by atomic mass is 32.1. The van der Waals surface area contributed by atoms with E-state index in [-0.39, 0.29) is 11.4 Å². The van der Waals surface area contributed by atoms with Crippen LogP contribution in [0.2, 0.25) is 0 Å². The normalized spacial score (nSPS) is 10.1. The summed E-state index contributed by atoms with van der Waals surface area (Å²) in [5.74, 6) is -1.53. The minimum atomic E-state index is -0.965. The summed E-state index contributed by atoms with van der Waals surface area (Å²) in [5, 5.41) is 12.9. The van der Waals surface area contributed by atoms with Gasteiger partial charge in [0.15, 0.2) is 5.69 Å². The minimum Gasteiger partial charge on any atom is -0.320 e. The van der Waals surface area contributed by atoms with Gasteiger partial charge in [0, 0.05) is 11.8 Å². The van der Waals surface area contributed by atoms with Crippen LogP contribution in [0.4, 0.5) is 15.8 Å². The number of nitrogens with zero attached hydrogens (tertiary/aromatic N) is 3. The minimum absolute atomic E-state index is 0.0898. The summed E-state index contributed by atoms with van der Waals surface area (Å²) in [6.45, 7) is 0. The molecule has 7 nitrogen and oxygen atoms in total. The van der Waals surface area contributed by atoms with Crippen molar-refractivity contribution in [3.8, 4) is 0 Å². The van der Waals surface area contributed by atoms with Gasteiger partial charge in [0.1, 0.15) is 0 Å². The fourth-order valence-electron chi connectivity index (χ4n) is 1.19. The summed E-state index contributed by atoms with van der Waals surface area (Å²) in [6, 6.07) is 3.07. The molecule has 0 spiro atoms. The van der Waals surface area contributed by atoms with E-state index in [1.807, 2.05) is 0 Å². The Morgan fingerprint density at radius 2 is 2.28 bits per heavy atom. The standard InChI is InChI=1S/C9H5FN4O3S/c10-6-2-1-5(3-8(6)14(16)17)12-9(15)7-4-11-18-13-7/h1-4H,(H,12,15). The Bertz CT molecular complexity index is 602. The SMILES string of the molecule is O=C(Nc1ccc(F)c([N+](=O)[O-])c1)c1cnsn1. The number of carbonyl (C=O) groups is 1. The number of rotatable bonds is 3. The molecule has 1 aromatic heterocycles. The summed E-state index contributed by atoms with van der Waals surface area (Å²) in [6.07, 6.45) is 1.26. The number of hydrogen-bond acceptors (Lipinski definition) is 6. The first kappa shape index (κ1) is 12.0. The average Bonchev–Trinajstić information content (AvgIpc) is 2.85. The maximum atomic E-state index is 13.1. The maximum Gasteiger partial charge on any atom is 0.306 e. The fraction of sp³-hybridized carbons (Fsp3) is 0. The fourth-order valence-corrected chi connectivity index (χ4v) is 1.60. The lowest BCUT2D eigenvalue weighted by Gasteiger charge is -2.02. The van der Waals surface area contributed by atoms with Gasteiger partial charge >= 0.3 is 5.69 Å². The molecule has 0 fully saturated rings. The molecular weight excluding hydrogens is 263 g/mol. The van der Waals surface area contributed by atoms with Crippen LogP contribution in [0.3, 0.4) is 0 Å². The summed E-state index contributed by atoms with van der Waals surface area (Å²) in [7, 11) is 0. The molecule has 9 heteroatoms. The smallest absolute Gasteiger partial charge is 0.306 e. The Morgan fingerprint density at radius 1 is 1.50 bits per heavy atom. The highest BCUT2D eigenvalue weighted by molar-refractivity contribution is 6.99. The second kappa shape index (κ2) is 4.84. The zero-order chi connectivity index (χ0) is 13.1. The number of carbonyl (C=O) groups excluding carboxylic acids is 1. The lowest BCUT2D eigenvalue weighted by molar-refractivity contribution is -0.387. The van der Waals surface area contributed by atoms with E-state index in [0.717, 1.165) is 23.9 Å². The van der Waals surface area contributed by atoms with E-state index < -0.39 is 22.3 Å². The Morgan fingerprint density at radius 3 is 2.89 bits per heavy atom. The van der Waals surface area contributed by atoms with Gasteiger partial charge in [-0.2, -0.15) is 13.1 Å². The zero-order valence-corrected chi connectivity index (χ0v) is 9.48. The molecule has 0 saturated heterocycles. The lowest BCUT2D eigenvalue weighted by atomic mass is 10.2. The molecule has 2 rings (SSSR count).